The van der Waals surface area contributed by atoms with Crippen LogP contribution < -0.4 is 15.4 Å². The summed E-state index contributed by atoms with van der Waals surface area (Å²) in [5.41, 5.74) is 5.74. The van der Waals surface area contributed by atoms with Gasteiger partial charge in [0.2, 0.25) is 0 Å². The Balaban J connectivity index is 1.30. The van der Waals surface area contributed by atoms with E-state index >= 15 is 0 Å². The highest BCUT2D eigenvalue weighted by atomic mass is 16.5. The third kappa shape index (κ3) is 4.82. The number of hydrogen-bond donors (Lipinski definition) is 2. The fourth-order valence-corrected chi connectivity index (χ4v) is 5.25. The molecule has 2 aliphatic heterocycles. The van der Waals surface area contributed by atoms with E-state index in [9.17, 15) is 4.79 Å². The van der Waals surface area contributed by atoms with Gasteiger partial charge in [-0.25, -0.2) is 4.98 Å². The minimum absolute atomic E-state index is 0.0305. The smallest absolute Gasteiger partial charge is 0.275 e. The van der Waals surface area contributed by atoms with Crippen LogP contribution in [0.3, 0.4) is 0 Å². The van der Waals surface area contributed by atoms with Crippen molar-refractivity contribution in [2.45, 2.75) is 18.9 Å². The maximum atomic E-state index is 14.0. The number of rotatable bonds is 7. The van der Waals surface area contributed by atoms with Gasteiger partial charge in [0.25, 0.3) is 5.91 Å². The number of hydrogen-bond acceptors (Lipinski definition) is 5. The molecule has 0 bridgehead atoms. The van der Waals surface area contributed by atoms with E-state index in [-0.39, 0.29) is 11.9 Å². The van der Waals surface area contributed by atoms with Crippen molar-refractivity contribution < 1.29 is 9.53 Å². The molecule has 7 nitrogen and oxygen atoms in total. The number of aromatic nitrogens is 2. The van der Waals surface area contributed by atoms with Gasteiger partial charge in [-0.1, -0.05) is 54.6 Å². The van der Waals surface area contributed by atoms with Gasteiger partial charge in [0, 0.05) is 55.6 Å². The summed E-state index contributed by atoms with van der Waals surface area (Å²) in [5, 5.41) is 6.90. The Kier molecular flexibility index (Phi) is 6.60. The number of benzene rings is 3. The molecule has 0 unspecified atom stereocenters. The van der Waals surface area contributed by atoms with Gasteiger partial charge in [0.05, 0.1) is 12.3 Å². The van der Waals surface area contributed by atoms with Crippen LogP contribution in [-0.4, -0.2) is 59.2 Å². The number of piperazine rings is 1. The summed E-state index contributed by atoms with van der Waals surface area (Å²) in [6.45, 7) is 3.64. The van der Waals surface area contributed by atoms with E-state index in [1.165, 1.54) is 5.56 Å². The molecule has 37 heavy (non-hydrogen) atoms. The van der Waals surface area contributed by atoms with E-state index in [1.807, 2.05) is 70.1 Å². The molecule has 1 saturated heterocycles. The summed E-state index contributed by atoms with van der Waals surface area (Å²) in [4.78, 5) is 20.7. The molecule has 6 rings (SSSR count). The van der Waals surface area contributed by atoms with Gasteiger partial charge in [0.15, 0.2) is 5.69 Å². The SMILES string of the molecule is O=C(c1ncn(-c2ccc3c(c2)NCC3)c1-c1ccccc1)N1CCNC[C@H]1CCOc1ccccc1. The van der Waals surface area contributed by atoms with Gasteiger partial charge in [0.1, 0.15) is 12.1 Å². The second-order valence-electron chi connectivity index (χ2n) is 9.50. The molecule has 1 amide bonds. The van der Waals surface area contributed by atoms with E-state index in [4.69, 9.17) is 9.72 Å². The number of anilines is 1. The Hall–Kier alpha value is -4.10. The number of carbonyl (C=O) groups excluding carboxylic acids is 1. The monoisotopic (exact) mass is 493 g/mol. The van der Waals surface area contributed by atoms with E-state index in [0.717, 1.165) is 60.9 Å². The van der Waals surface area contributed by atoms with E-state index in [1.54, 1.807) is 6.33 Å². The van der Waals surface area contributed by atoms with Crippen LogP contribution in [0.15, 0.2) is 85.2 Å². The molecule has 1 fully saturated rings. The lowest BCUT2D eigenvalue weighted by atomic mass is 10.1. The molecule has 1 aromatic heterocycles. The average Bonchev–Trinajstić information content (AvgIpc) is 3.61. The second-order valence-corrected chi connectivity index (χ2v) is 9.50. The van der Waals surface area contributed by atoms with Crippen LogP contribution in [0.25, 0.3) is 16.9 Å². The highest BCUT2D eigenvalue weighted by Gasteiger charge is 2.31. The van der Waals surface area contributed by atoms with Crippen LogP contribution in [0.4, 0.5) is 5.69 Å². The van der Waals surface area contributed by atoms with Crippen molar-refractivity contribution in [1.82, 2.24) is 19.8 Å². The second kappa shape index (κ2) is 10.5. The van der Waals surface area contributed by atoms with E-state index in [2.05, 4.69) is 28.8 Å². The van der Waals surface area contributed by atoms with Gasteiger partial charge >= 0.3 is 0 Å². The van der Waals surface area contributed by atoms with Crippen molar-refractivity contribution in [3.05, 3.63) is 96.4 Å². The molecule has 1 atom stereocenters. The average molecular weight is 494 g/mol. The Morgan fingerprint density at radius 2 is 1.81 bits per heavy atom. The molecule has 3 heterocycles. The quantitative estimate of drug-likeness (QED) is 0.400. The van der Waals surface area contributed by atoms with Crippen molar-refractivity contribution in [1.29, 1.82) is 0 Å². The van der Waals surface area contributed by atoms with Crippen molar-refractivity contribution in [2.75, 3.05) is 38.1 Å². The summed E-state index contributed by atoms with van der Waals surface area (Å²) in [6, 6.07) is 26.3. The highest BCUT2D eigenvalue weighted by molar-refractivity contribution is 5.99. The first kappa shape index (κ1) is 23.3. The zero-order chi connectivity index (χ0) is 25.0. The van der Waals surface area contributed by atoms with Gasteiger partial charge in [-0.3, -0.25) is 9.36 Å². The molecule has 2 N–H and O–H groups in total. The van der Waals surface area contributed by atoms with Gasteiger partial charge in [-0.15, -0.1) is 0 Å². The molecule has 3 aromatic carbocycles. The molecule has 0 aliphatic carbocycles. The first-order chi connectivity index (χ1) is 18.3. The maximum absolute atomic E-state index is 14.0. The lowest BCUT2D eigenvalue weighted by Crippen LogP contribution is -2.54. The van der Waals surface area contributed by atoms with Crippen molar-refractivity contribution in [2.24, 2.45) is 0 Å². The fraction of sp³-hybridized carbons (Fsp3) is 0.267. The molecule has 4 aromatic rings. The first-order valence-corrected chi connectivity index (χ1v) is 13.0. The molecule has 188 valence electrons. The summed E-state index contributed by atoms with van der Waals surface area (Å²) >= 11 is 0. The van der Waals surface area contributed by atoms with Gasteiger partial charge in [-0.2, -0.15) is 0 Å². The predicted molar refractivity (Wildman–Crippen MR) is 145 cm³/mol. The summed E-state index contributed by atoms with van der Waals surface area (Å²) < 4.78 is 7.98. The normalized spacial score (nSPS) is 16.8. The minimum atomic E-state index is -0.0388. The number of nitrogens with zero attached hydrogens (tertiary/aromatic N) is 3. The standard InChI is InChI=1S/C30H31N5O2/c36-30(34-17-16-31-20-25(34)14-18-37-26-9-5-2-6-10-26)28-29(23-7-3-1-4-8-23)35(21-33-28)24-12-11-22-13-15-32-27(22)19-24/h1-12,19,21,25,31-32H,13-18,20H2/t25-/m1/s1. The largest absolute Gasteiger partial charge is 0.494 e. The van der Waals surface area contributed by atoms with E-state index < -0.39 is 0 Å². The molecule has 0 radical (unpaired) electrons. The highest BCUT2D eigenvalue weighted by Crippen LogP contribution is 2.31. The third-order valence-electron chi connectivity index (χ3n) is 7.17. The van der Waals surface area contributed by atoms with Crippen LogP contribution in [0.2, 0.25) is 0 Å². The number of nitrogens with one attached hydrogen (secondary N) is 2. The van der Waals surface area contributed by atoms with Crippen LogP contribution >= 0.6 is 0 Å². The zero-order valence-corrected chi connectivity index (χ0v) is 20.8. The van der Waals surface area contributed by atoms with Crippen LogP contribution in [0.5, 0.6) is 5.75 Å². The summed E-state index contributed by atoms with van der Waals surface area (Å²) in [5.74, 6) is 0.807. The van der Waals surface area contributed by atoms with Crippen LogP contribution in [0.1, 0.15) is 22.5 Å². The van der Waals surface area contributed by atoms with E-state index in [0.29, 0.717) is 18.8 Å². The number of para-hydroxylation sites is 1. The van der Waals surface area contributed by atoms with Crippen molar-refractivity contribution in [3.63, 3.8) is 0 Å². The molecule has 2 aliphatic rings. The maximum Gasteiger partial charge on any atom is 0.275 e. The van der Waals surface area contributed by atoms with Crippen LogP contribution in [-0.2, 0) is 6.42 Å². The molecular formula is C30H31N5O2. The Bertz CT molecular complexity index is 1370. The number of imidazole rings is 1. The number of amides is 1. The lowest BCUT2D eigenvalue weighted by Gasteiger charge is -2.36. The van der Waals surface area contributed by atoms with Crippen molar-refractivity contribution >= 4 is 11.6 Å². The number of fused-ring (bicyclic) bond motifs is 1. The predicted octanol–water partition coefficient (Wildman–Crippen LogP) is 4.39. The Labute approximate surface area is 217 Å². The number of ether oxygens (including phenoxy) is 1. The molecule has 0 spiro atoms. The number of carbonyl (C=O) groups is 1. The fourth-order valence-electron chi connectivity index (χ4n) is 5.25. The van der Waals surface area contributed by atoms with Gasteiger partial charge < -0.3 is 20.3 Å². The Morgan fingerprint density at radius 3 is 2.65 bits per heavy atom. The summed E-state index contributed by atoms with van der Waals surface area (Å²) in [6.07, 6.45) is 3.56. The summed E-state index contributed by atoms with van der Waals surface area (Å²) in [7, 11) is 0. The Morgan fingerprint density at radius 1 is 1.00 bits per heavy atom. The van der Waals surface area contributed by atoms with Gasteiger partial charge in [-0.05, 0) is 36.2 Å². The molecule has 0 saturated carbocycles. The zero-order valence-electron chi connectivity index (χ0n) is 20.8. The topological polar surface area (TPSA) is 71.4 Å². The van der Waals surface area contributed by atoms with Crippen molar-refractivity contribution in [3.8, 4) is 22.7 Å². The third-order valence-corrected chi connectivity index (χ3v) is 7.17. The minimum Gasteiger partial charge on any atom is -0.494 e. The van der Waals surface area contributed by atoms with Crippen LogP contribution in [0, 0.1) is 0 Å². The lowest BCUT2D eigenvalue weighted by molar-refractivity contribution is 0.0601. The molecule has 7 heteroatoms. The molecular weight excluding hydrogens is 462 g/mol. The first-order valence-electron chi connectivity index (χ1n) is 13.0.